The molecule has 4 heteroatoms. The zero-order valence-corrected chi connectivity index (χ0v) is 11.6. The van der Waals surface area contributed by atoms with Crippen LogP contribution in [0.5, 0.6) is 0 Å². The van der Waals surface area contributed by atoms with Crippen molar-refractivity contribution in [1.29, 1.82) is 0 Å². The van der Waals surface area contributed by atoms with E-state index in [1.165, 1.54) is 30.5 Å². The van der Waals surface area contributed by atoms with Gasteiger partial charge in [0.25, 0.3) is 0 Å². The summed E-state index contributed by atoms with van der Waals surface area (Å²) in [5.74, 6) is 4.10. The first kappa shape index (κ1) is 12.7. The molecule has 3 nitrogen and oxygen atoms in total. The van der Waals surface area contributed by atoms with Crippen molar-refractivity contribution in [3.05, 3.63) is 17.1 Å². The average Bonchev–Trinajstić information content (AvgIpc) is 2.60. The van der Waals surface area contributed by atoms with Crippen LogP contribution in [0.25, 0.3) is 0 Å². The lowest BCUT2D eigenvalue weighted by Gasteiger charge is -2.12. The standard InChI is InChI=1S/C13H21N3S/c1-3-17-9-12-15-11-8-6-4-5-7-10(11)13(14-2)16-12/h3-9H2,1-2H3,(H,14,15,16). The maximum atomic E-state index is 4.75. The average molecular weight is 251 g/mol. The molecule has 17 heavy (non-hydrogen) atoms. The fourth-order valence-electron chi connectivity index (χ4n) is 2.29. The lowest BCUT2D eigenvalue weighted by Crippen LogP contribution is -2.08. The van der Waals surface area contributed by atoms with Gasteiger partial charge < -0.3 is 5.32 Å². The number of anilines is 1. The van der Waals surface area contributed by atoms with Crippen molar-refractivity contribution in [1.82, 2.24) is 9.97 Å². The largest absolute Gasteiger partial charge is 0.373 e. The van der Waals surface area contributed by atoms with Crippen molar-refractivity contribution in [2.75, 3.05) is 18.1 Å². The molecule has 0 spiro atoms. The Labute approximate surface area is 108 Å². The highest BCUT2D eigenvalue weighted by Crippen LogP contribution is 2.25. The van der Waals surface area contributed by atoms with Crippen LogP contribution < -0.4 is 5.32 Å². The zero-order chi connectivity index (χ0) is 12.1. The van der Waals surface area contributed by atoms with Crippen LogP contribution in [-0.4, -0.2) is 22.8 Å². The van der Waals surface area contributed by atoms with Gasteiger partial charge in [-0.3, -0.25) is 0 Å². The van der Waals surface area contributed by atoms with Crippen LogP contribution in [0.2, 0.25) is 0 Å². The molecule has 0 fully saturated rings. The van der Waals surface area contributed by atoms with E-state index in [9.17, 15) is 0 Å². The molecule has 0 unspecified atom stereocenters. The molecular weight excluding hydrogens is 230 g/mol. The minimum absolute atomic E-state index is 0.929. The molecule has 1 heterocycles. The third-order valence-corrected chi connectivity index (χ3v) is 4.02. The van der Waals surface area contributed by atoms with Gasteiger partial charge in [0.2, 0.25) is 0 Å². The number of fused-ring (bicyclic) bond motifs is 1. The minimum atomic E-state index is 0.929. The fraction of sp³-hybridized carbons (Fsp3) is 0.692. The third-order valence-electron chi connectivity index (χ3n) is 3.15. The van der Waals surface area contributed by atoms with Gasteiger partial charge in [-0.1, -0.05) is 13.3 Å². The highest BCUT2D eigenvalue weighted by Gasteiger charge is 2.15. The molecule has 1 aliphatic carbocycles. The monoisotopic (exact) mass is 251 g/mol. The summed E-state index contributed by atoms with van der Waals surface area (Å²) in [5, 5.41) is 3.24. The van der Waals surface area contributed by atoms with E-state index in [4.69, 9.17) is 4.98 Å². The molecule has 1 aromatic heterocycles. The van der Waals surface area contributed by atoms with Gasteiger partial charge in [-0.2, -0.15) is 11.8 Å². The van der Waals surface area contributed by atoms with Gasteiger partial charge in [-0.25, -0.2) is 9.97 Å². The van der Waals surface area contributed by atoms with Crippen LogP contribution in [0.1, 0.15) is 43.3 Å². The first-order chi connectivity index (χ1) is 8.35. The second-order valence-electron chi connectivity index (χ2n) is 4.36. The summed E-state index contributed by atoms with van der Waals surface area (Å²) >= 11 is 1.88. The molecule has 0 bridgehead atoms. The Bertz CT molecular complexity index is 379. The summed E-state index contributed by atoms with van der Waals surface area (Å²) in [6, 6.07) is 0. The quantitative estimate of drug-likeness (QED) is 0.835. The number of rotatable bonds is 4. The number of nitrogens with one attached hydrogen (secondary N) is 1. The third kappa shape index (κ3) is 3.12. The molecule has 2 rings (SSSR count). The topological polar surface area (TPSA) is 37.8 Å². The Kier molecular flexibility index (Phi) is 4.66. The summed E-state index contributed by atoms with van der Waals surface area (Å²) in [4.78, 5) is 9.39. The molecule has 1 aromatic rings. The van der Waals surface area contributed by atoms with Crippen LogP contribution in [0, 0.1) is 0 Å². The van der Waals surface area contributed by atoms with Gasteiger partial charge in [-0.15, -0.1) is 0 Å². The number of aryl methyl sites for hydroxylation is 1. The molecule has 1 N–H and O–H groups in total. The van der Waals surface area contributed by atoms with E-state index in [1.807, 2.05) is 18.8 Å². The fourth-order valence-corrected chi connectivity index (χ4v) is 2.80. The van der Waals surface area contributed by atoms with Gasteiger partial charge in [-0.05, 0) is 31.4 Å². The molecule has 0 atom stereocenters. The van der Waals surface area contributed by atoms with Crippen LogP contribution in [0.15, 0.2) is 0 Å². The maximum absolute atomic E-state index is 4.75. The molecule has 0 saturated heterocycles. The number of aromatic nitrogens is 2. The molecule has 0 saturated carbocycles. The zero-order valence-electron chi connectivity index (χ0n) is 10.8. The Balaban J connectivity index is 2.29. The molecule has 94 valence electrons. The van der Waals surface area contributed by atoms with Crippen molar-refractivity contribution in [2.24, 2.45) is 0 Å². The normalized spacial score (nSPS) is 15.2. The SMILES string of the molecule is CCSCc1nc2c(c(NC)n1)CCCCC2. The van der Waals surface area contributed by atoms with E-state index >= 15 is 0 Å². The highest BCUT2D eigenvalue weighted by molar-refractivity contribution is 7.98. The summed E-state index contributed by atoms with van der Waals surface area (Å²) in [6.07, 6.45) is 6.11. The van der Waals surface area contributed by atoms with E-state index < -0.39 is 0 Å². The summed E-state index contributed by atoms with van der Waals surface area (Å²) in [5.41, 5.74) is 2.64. The van der Waals surface area contributed by atoms with E-state index in [-0.39, 0.29) is 0 Å². The second-order valence-corrected chi connectivity index (χ2v) is 5.64. The van der Waals surface area contributed by atoms with Gasteiger partial charge in [0, 0.05) is 18.3 Å². The lowest BCUT2D eigenvalue weighted by molar-refractivity contribution is 0.708. The van der Waals surface area contributed by atoms with Crippen molar-refractivity contribution in [2.45, 2.75) is 44.8 Å². The van der Waals surface area contributed by atoms with Gasteiger partial charge in [0.05, 0.1) is 5.75 Å². The van der Waals surface area contributed by atoms with E-state index in [1.54, 1.807) is 0 Å². The Morgan fingerprint density at radius 1 is 1.18 bits per heavy atom. The number of hydrogen-bond acceptors (Lipinski definition) is 4. The minimum Gasteiger partial charge on any atom is -0.373 e. The number of nitrogens with zero attached hydrogens (tertiary/aromatic N) is 2. The van der Waals surface area contributed by atoms with Crippen molar-refractivity contribution in [3.8, 4) is 0 Å². The smallest absolute Gasteiger partial charge is 0.140 e. The van der Waals surface area contributed by atoms with Crippen molar-refractivity contribution < 1.29 is 0 Å². The summed E-state index contributed by atoms with van der Waals surface area (Å²) < 4.78 is 0. The van der Waals surface area contributed by atoms with Crippen LogP contribution in [0.3, 0.4) is 0 Å². The first-order valence-corrected chi connectivity index (χ1v) is 7.64. The molecule has 0 radical (unpaired) electrons. The molecule has 0 aliphatic heterocycles. The molecule has 1 aliphatic rings. The number of hydrogen-bond donors (Lipinski definition) is 1. The van der Waals surface area contributed by atoms with Crippen LogP contribution in [0.4, 0.5) is 5.82 Å². The molecular formula is C13H21N3S. The second kappa shape index (κ2) is 6.24. The summed E-state index contributed by atoms with van der Waals surface area (Å²) in [7, 11) is 1.96. The van der Waals surface area contributed by atoms with E-state index in [0.29, 0.717) is 0 Å². The van der Waals surface area contributed by atoms with Gasteiger partial charge in [0.1, 0.15) is 11.6 Å². The van der Waals surface area contributed by atoms with Crippen LogP contribution >= 0.6 is 11.8 Å². The van der Waals surface area contributed by atoms with Crippen LogP contribution in [-0.2, 0) is 18.6 Å². The van der Waals surface area contributed by atoms with Gasteiger partial charge >= 0.3 is 0 Å². The Morgan fingerprint density at radius 2 is 2.00 bits per heavy atom. The van der Waals surface area contributed by atoms with Crippen molar-refractivity contribution >= 4 is 17.6 Å². The summed E-state index contributed by atoms with van der Waals surface area (Å²) in [6.45, 7) is 2.17. The van der Waals surface area contributed by atoms with Crippen molar-refractivity contribution in [3.63, 3.8) is 0 Å². The Morgan fingerprint density at radius 3 is 2.76 bits per heavy atom. The predicted octanol–water partition coefficient (Wildman–Crippen LogP) is 3.04. The highest BCUT2D eigenvalue weighted by atomic mass is 32.2. The predicted molar refractivity (Wildman–Crippen MR) is 74.7 cm³/mol. The van der Waals surface area contributed by atoms with E-state index in [2.05, 4.69) is 17.2 Å². The first-order valence-electron chi connectivity index (χ1n) is 6.49. The lowest BCUT2D eigenvalue weighted by atomic mass is 10.1. The number of thioether (sulfide) groups is 1. The maximum Gasteiger partial charge on any atom is 0.140 e. The molecule has 0 aromatic carbocycles. The van der Waals surface area contributed by atoms with Gasteiger partial charge in [0.15, 0.2) is 0 Å². The Hall–Kier alpha value is -0.770. The molecule has 0 amide bonds. The van der Waals surface area contributed by atoms with E-state index in [0.717, 1.165) is 36.0 Å².